The summed E-state index contributed by atoms with van der Waals surface area (Å²) in [7, 11) is -3.53. The minimum atomic E-state index is -3.96. The van der Waals surface area contributed by atoms with Gasteiger partial charge in [-0.25, -0.2) is 0 Å². The molecule has 1 aromatic carbocycles. The molecule has 0 saturated carbocycles. The highest BCUT2D eigenvalue weighted by molar-refractivity contribution is 8.69. The van der Waals surface area contributed by atoms with Gasteiger partial charge in [0.2, 0.25) is 0 Å². The van der Waals surface area contributed by atoms with Gasteiger partial charge in [0.15, 0.2) is 0 Å². The van der Waals surface area contributed by atoms with Crippen molar-refractivity contribution in [2.24, 2.45) is 0 Å². The minimum Gasteiger partial charge on any atom is -0.277 e. The average molecular weight is 190 g/mol. The van der Waals surface area contributed by atoms with Crippen LogP contribution in [0.2, 0.25) is 0 Å². The third-order valence-electron chi connectivity index (χ3n) is 0.945. The molecule has 1 aromatic rings. The van der Waals surface area contributed by atoms with Crippen LogP contribution in [0.5, 0.6) is 0 Å². The lowest BCUT2D eigenvalue weighted by atomic mass is 10.4. The molecule has 0 spiro atoms. The van der Waals surface area contributed by atoms with Crippen LogP contribution in [0, 0.1) is 0 Å². The van der Waals surface area contributed by atoms with Gasteiger partial charge in [-0.2, -0.15) is 8.42 Å². The molecular weight excluding hydrogens is 184 g/mol. The molecule has 0 bridgehead atoms. The van der Waals surface area contributed by atoms with Gasteiger partial charge < -0.3 is 0 Å². The van der Waals surface area contributed by atoms with Gasteiger partial charge in [-0.1, -0.05) is 18.2 Å². The van der Waals surface area contributed by atoms with Crippen molar-refractivity contribution >= 4 is 19.9 Å². The Kier molecular flexibility index (Phi) is 2.53. The Balaban J connectivity index is 2.82. The summed E-state index contributed by atoms with van der Waals surface area (Å²) in [5.41, 5.74) is 0. The zero-order valence-electron chi connectivity index (χ0n) is 5.47. The van der Waals surface area contributed by atoms with Crippen LogP contribution in [0.15, 0.2) is 35.2 Å². The Hall–Kier alpha value is -0.520. The molecular formula is C6H6O3S2. The van der Waals surface area contributed by atoms with Crippen LogP contribution in [0.3, 0.4) is 0 Å². The second kappa shape index (κ2) is 3.25. The fourth-order valence-electron chi connectivity index (χ4n) is 0.598. The van der Waals surface area contributed by atoms with E-state index in [0.29, 0.717) is 15.7 Å². The van der Waals surface area contributed by atoms with Gasteiger partial charge in [-0.05, 0) is 12.1 Å². The molecule has 0 saturated heterocycles. The second-order valence-corrected chi connectivity index (χ2v) is 5.08. The summed E-state index contributed by atoms with van der Waals surface area (Å²) in [5, 5.41) is 0. The van der Waals surface area contributed by atoms with E-state index in [-0.39, 0.29) is 0 Å². The van der Waals surface area contributed by atoms with E-state index in [4.69, 9.17) is 4.55 Å². The first kappa shape index (κ1) is 8.58. The van der Waals surface area contributed by atoms with Crippen molar-refractivity contribution in [3.05, 3.63) is 30.3 Å². The summed E-state index contributed by atoms with van der Waals surface area (Å²) in [6.07, 6.45) is 0. The topological polar surface area (TPSA) is 54.4 Å². The summed E-state index contributed by atoms with van der Waals surface area (Å²) in [6, 6.07) is 8.39. The lowest BCUT2D eigenvalue weighted by molar-refractivity contribution is 0.503. The van der Waals surface area contributed by atoms with Gasteiger partial charge >= 0.3 is 9.15 Å². The third-order valence-corrected chi connectivity index (χ3v) is 2.83. The van der Waals surface area contributed by atoms with Crippen LogP contribution in [-0.4, -0.2) is 13.0 Å². The summed E-state index contributed by atoms with van der Waals surface area (Å²) in [6.45, 7) is 0. The van der Waals surface area contributed by atoms with Crippen molar-refractivity contribution in [1.82, 2.24) is 0 Å². The van der Waals surface area contributed by atoms with Crippen LogP contribution in [0.1, 0.15) is 0 Å². The average Bonchev–Trinajstić information content (AvgIpc) is 1.85. The molecule has 5 heteroatoms. The molecule has 1 N–H and O–H groups in total. The SMILES string of the molecule is O=S(=O)(O)Sc1ccccc1. The Morgan fingerprint density at radius 1 is 1.18 bits per heavy atom. The van der Waals surface area contributed by atoms with Crippen LogP contribution in [0.4, 0.5) is 0 Å². The summed E-state index contributed by atoms with van der Waals surface area (Å²) < 4.78 is 29.0. The Morgan fingerprint density at radius 2 is 1.73 bits per heavy atom. The molecule has 11 heavy (non-hydrogen) atoms. The van der Waals surface area contributed by atoms with Gasteiger partial charge in [-0.15, -0.1) is 0 Å². The van der Waals surface area contributed by atoms with E-state index in [9.17, 15) is 8.42 Å². The highest BCUT2D eigenvalue weighted by atomic mass is 33.1. The van der Waals surface area contributed by atoms with Gasteiger partial charge in [-0.3, -0.25) is 4.55 Å². The standard InChI is InChI=1S/C6H6O3S2/c7-11(8,9)10-6-4-2-1-3-5-6/h1-5H,(H,7,8,9). The molecule has 0 unspecified atom stereocenters. The number of benzene rings is 1. The Bertz CT molecular complexity index is 317. The van der Waals surface area contributed by atoms with Crippen LogP contribution in [-0.2, 0) is 9.15 Å². The molecule has 0 radical (unpaired) electrons. The van der Waals surface area contributed by atoms with E-state index in [1.165, 1.54) is 0 Å². The number of rotatable bonds is 2. The molecule has 0 aliphatic heterocycles. The zero-order valence-corrected chi connectivity index (χ0v) is 7.10. The molecule has 0 aliphatic carbocycles. The van der Waals surface area contributed by atoms with Crippen molar-refractivity contribution in [1.29, 1.82) is 0 Å². The van der Waals surface area contributed by atoms with Crippen molar-refractivity contribution < 1.29 is 13.0 Å². The largest absolute Gasteiger partial charge is 0.324 e. The molecule has 0 atom stereocenters. The maximum Gasteiger partial charge on any atom is 0.324 e. The summed E-state index contributed by atoms with van der Waals surface area (Å²) in [4.78, 5) is 0.509. The monoisotopic (exact) mass is 190 g/mol. The van der Waals surface area contributed by atoms with Gasteiger partial charge in [0, 0.05) is 15.7 Å². The van der Waals surface area contributed by atoms with Crippen molar-refractivity contribution in [2.75, 3.05) is 0 Å². The lowest BCUT2D eigenvalue weighted by Crippen LogP contribution is -1.87. The first-order valence-corrected chi connectivity index (χ1v) is 5.57. The molecule has 3 nitrogen and oxygen atoms in total. The maximum absolute atomic E-state index is 10.3. The highest BCUT2D eigenvalue weighted by Crippen LogP contribution is 2.21. The summed E-state index contributed by atoms with van der Waals surface area (Å²) >= 11 is 0. The first-order chi connectivity index (χ1) is 5.08. The fourth-order valence-corrected chi connectivity index (χ4v) is 2.17. The predicted molar refractivity (Wildman–Crippen MR) is 43.8 cm³/mol. The van der Waals surface area contributed by atoms with Gasteiger partial charge in [0.25, 0.3) is 0 Å². The number of hydrogen-bond acceptors (Lipinski definition) is 3. The molecule has 60 valence electrons. The van der Waals surface area contributed by atoms with E-state index in [0.717, 1.165) is 0 Å². The fraction of sp³-hybridized carbons (Fsp3) is 0. The van der Waals surface area contributed by atoms with Crippen LogP contribution < -0.4 is 0 Å². The Labute approximate surface area is 68.6 Å². The van der Waals surface area contributed by atoms with E-state index in [1.54, 1.807) is 30.3 Å². The van der Waals surface area contributed by atoms with Crippen LogP contribution in [0.25, 0.3) is 0 Å². The van der Waals surface area contributed by atoms with Crippen molar-refractivity contribution in [3.8, 4) is 0 Å². The maximum atomic E-state index is 10.3. The molecule has 0 heterocycles. The Morgan fingerprint density at radius 3 is 2.18 bits per heavy atom. The quantitative estimate of drug-likeness (QED) is 0.568. The van der Waals surface area contributed by atoms with E-state index < -0.39 is 9.15 Å². The number of hydrogen-bond donors (Lipinski definition) is 1. The molecule has 0 aliphatic rings. The lowest BCUT2D eigenvalue weighted by Gasteiger charge is -1.94. The molecule has 0 amide bonds. The molecule has 0 aromatic heterocycles. The van der Waals surface area contributed by atoms with Crippen molar-refractivity contribution in [2.45, 2.75) is 4.90 Å². The van der Waals surface area contributed by atoms with E-state index in [1.807, 2.05) is 0 Å². The van der Waals surface area contributed by atoms with Gasteiger partial charge in [0.05, 0.1) is 0 Å². The van der Waals surface area contributed by atoms with E-state index >= 15 is 0 Å². The zero-order chi connectivity index (χ0) is 8.32. The normalized spacial score (nSPS) is 11.4. The smallest absolute Gasteiger partial charge is 0.277 e. The highest BCUT2D eigenvalue weighted by Gasteiger charge is 2.05. The minimum absolute atomic E-state index is 0.429. The van der Waals surface area contributed by atoms with Crippen molar-refractivity contribution in [3.63, 3.8) is 0 Å². The first-order valence-electron chi connectivity index (χ1n) is 2.80. The van der Waals surface area contributed by atoms with Crippen LogP contribution >= 0.6 is 10.8 Å². The molecule has 1 rings (SSSR count). The molecule has 0 fully saturated rings. The summed E-state index contributed by atoms with van der Waals surface area (Å²) in [5.74, 6) is 0. The van der Waals surface area contributed by atoms with E-state index in [2.05, 4.69) is 0 Å². The van der Waals surface area contributed by atoms with Gasteiger partial charge in [0.1, 0.15) is 0 Å². The third kappa shape index (κ3) is 3.41. The predicted octanol–water partition coefficient (Wildman–Crippen LogP) is 1.58. The second-order valence-electron chi connectivity index (χ2n) is 1.82.